The Kier molecular flexibility index (Phi) is 9.53. The molecule has 0 saturated carbocycles. The molecule has 7 nitrogen and oxygen atoms in total. The highest BCUT2D eigenvalue weighted by Crippen LogP contribution is 2.37. The van der Waals surface area contributed by atoms with Crippen molar-refractivity contribution in [3.63, 3.8) is 0 Å². The number of para-hydroxylation sites is 2. The van der Waals surface area contributed by atoms with E-state index in [4.69, 9.17) is 25.7 Å². The van der Waals surface area contributed by atoms with E-state index in [0.29, 0.717) is 30.5 Å². The van der Waals surface area contributed by atoms with Crippen molar-refractivity contribution in [3.8, 4) is 41.0 Å². The molecule has 1 heterocycles. The first-order chi connectivity index (χ1) is 16.6. The number of aryl methyl sites for hydroxylation is 1. The first-order valence-corrected chi connectivity index (χ1v) is 11.4. The number of nitrogens with zero attached hydrogens (tertiary/aromatic N) is 3. The molecule has 3 rings (SSSR count). The number of terminal acetylenes is 1. The van der Waals surface area contributed by atoms with Crippen LogP contribution in [0.4, 0.5) is 0 Å². The monoisotopic (exact) mass is 463 g/mol. The Morgan fingerprint density at radius 1 is 1.12 bits per heavy atom. The van der Waals surface area contributed by atoms with Gasteiger partial charge in [0.25, 0.3) is 0 Å². The van der Waals surface area contributed by atoms with Gasteiger partial charge in [0.15, 0.2) is 11.5 Å². The summed E-state index contributed by atoms with van der Waals surface area (Å²) < 4.78 is 18.9. The largest absolute Gasteiger partial charge is 0.493 e. The smallest absolute Gasteiger partial charge is 0.222 e. The molecule has 0 fully saturated rings. The standard InChI is InChI=1S/C27H33N3O4/c1-5-16-30(18-22(31)20-33-17-6-2)19-23-26(21-12-8-7-9-13-21)28-29(3)27(23)34-25-15-11-10-14-24(25)32-4/h2,7-15,22,31H,5,16-20H2,1,3-4H3. The molecule has 1 N–H and O–H groups in total. The van der Waals surface area contributed by atoms with Crippen molar-refractivity contribution in [1.29, 1.82) is 0 Å². The molecule has 0 radical (unpaired) electrons. The number of ether oxygens (including phenoxy) is 3. The van der Waals surface area contributed by atoms with E-state index in [-0.39, 0.29) is 13.2 Å². The lowest BCUT2D eigenvalue weighted by Crippen LogP contribution is -2.35. The summed E-state index contributed by atoms with van der Waals surface area (Å²) in [5, 5.41) is 15.3. The van der Waals surface area contributed by atoms with Crippen LogP contribution in [-0.4, -0.2) is 59.3 Å². The average molecular weight is 464 g/mol. The summed E-state index contributed by atoms with van der Waals surface area (Å²) >= 11 is 0. The third-order valence-corrected chi connectivity index (χ3v) is 5.30. The average Bonchev–Trinajstić information content (AvgIpc) is 3.15. The fourth-order valence-corrected chi connectivity index (χ4v) is 3.84. The lowest BCUT2D eigenvalue weighted by molar-refractivity contribution is 0.0260. The number of hydrogen-bond acceptors (Lipinski definition) is 6. The van der Waals surface area contributed by atoms with Crippen LogP contribution < -0.4 is 9.47 Å². The predicted octanol–water partition coefficient (Wildman–Crippen LogP) is 4.11. The lowest BCUT2D eigenvalue weighted by atomic mass is 10.1. The zero-order valence-corrected chi connectivity index (χ0v) is 20.1. The van der Waals surface area contributed by atoms with Crippen LogP contribution in [0.5, 0.6) is 17.4 Å². The van der Waals surface area contributed by atoms with E-state index in [1.54, 1.807) is 11.8 Å². The van der Waals surface area contributed by atoms with Crippen LogP contribution >= 0.6 is 0 Å². The van der Waals surface area contributed by atoms with Crippen LogP contribution in [0.3, 0.4) is 0 Å². The summed E-state index contributed by atoms with van der Waals surface area (Å²) in [5.41, 5.74) is 2.77. The van der Waals surface area contributed by atoms with Crippen molar-refractivity contribution in [2.75, 3.05) is 33.4 Å². The van der Waals surface area contributed by atoms with Crippen molar-refractivity contribution < 1.29 is 19.3 Å². The van der Waals surface area contributed by atoms with Gasteiger partial charge in [-0.2, -0.15) is 5.10 Å². The molecule has 7 heteroatoms. The molecule has 180 valence electrons. The second kappa shape index (κ2) is 12.8. The maximum absolute atomic E-state index is 10.5. The maximum atomic E-state index is 10.5. The fraction of sp³-hybridized carbons (Fsp3) is 0.370. The van der Waals surface area contributed by atoms with Gasteiger partial charge in [0.05, 0.1) is 25.4 Å². The second-order valence-electron chi connectivity index (χ2n) is 7.98. The summed E-state index contributed by atoms with van der Waals surface area (Å²) in [7, 11) is 3.49. The van der Waals surface area contributed by atoms with Crippen LogP contribution in [0.1, 0.15) is 18.9 Å². The molecule has 3 aromatic rings. The van der Waals surface area contributed by atoms with Gasteiger partial charge in [0.2, 0.25) is 5.88 Å². The van der Waals surface area contributed by atoms with Gasteiger partial charge in [-0.05, 0) is 25.1 Å². The molecule has 0 spiro atoms. The fourth-order valence-electron chi connectivity index (χ4n) is 3.84. The Bertz CT molecular complexity index is 1080. The minimum atomic E-state index is -0.657. The zero-order valence-electron chi connectivity index (χ0n) is 20.1. The normalized spacial score (nSPS) is 11.9. The third-order valence-electron chi connectivity index (χ3n) is 5.30. The van der Waals surface area contributed by atoms with Gasteiger partial charge in [-0.3, -0.25) is 4.90 Å². The Labute approximate surface area is 201 Å². The molecule has 0 amide bonds. The van der Waals surface area contributed by atoms with E-state index in [9.17, 15) is 5.11 Å². The zero-order chi connectivity index (χ0) is 24.3. The van der Waals surface area contributed by atoms with Gasteiger partial charge in [0, 0.05) is 25.7 Å². The summed E-state index contributed by atoms with van der Waals surface area (Å²) in [6.45, 7) is 4.26. The molecule has 0 aliphatic heterocycles. The third kappa shape index (κ3) is 6.61. The Hall–Kier alpha value is -3.31. The summed E-state index contributed by atoms with van der Waals surface area (Å²) in [6, 6.07) is 17.6. The second-order valence-corrected chi connectivity index (χ2v) is 7.98. The predicted molar refractivity (Wildman–Crippen MR) is 133 cm³/mol. The van der Waals surface area contributed by atoms with E-state index in [0.717, 1.165) is 29.8 Å². The van der Waals surface area contributed by atoms with Gasteiger partial charge in [0.1, 0.15) is 12.3 Å². The van der Waals surface area contributed by atoms with Crippen molar-refractivity contribution in [2.45, 2.75) is 26.0 Å². The van der Waals surface area contributed by atoms with Gasteiger partial charge in [-0.1, -0.05) is 55.3 Å². The van der Waals surface area contributed by atoms with Crippen LogP contribution in [0.2, 0.25) is 0 Å². The Morgan fingerprint density at radius 3 is 2.50 bits per heavy atom. The number of rotatable bonds is 13. The SMILES string of the molecule is C#CCOCC(O)CN(CCC)Cc1c(-c2ccccc2)nn(C)c1Oc1ccccc1OC. The molecule has 0 aliphatic rings. The summed E-state index contributed by atoms with van der Waals surface area (Å²) in [6.07, 6.45) is 5.52. The number of benzene rings is 2. The first-order valence-electron chi connectivity index (χ1n) is 11.4. The number of hydrogen-bond donors (Lipinski definition) is 1. The molecule has 0 saturated heterocycles. The van der Waals surface area contributed by atoms with Gasteiger partial charge >= 0.3 is 0 Å². The van der Waals surface area contributed by atoms with Crippen LogP contribution in [0.15, 0.2) is 54.6 Å². The minimum absolute atomic E-state index is 0.183. The molecule has 0 aliphatic carbocycles. The number of aromatic nitrogens is 2. The van der Waals surface area contributed by atoms with Gasteiger partial charge in [-0.15, -0.1) is 6.42 Å². The number of aliphatic hydroxyl groups excluding tert-OH is 1. The number of aliphatic hydroxyl groups is 1. The molecular formula is C27H33N3O4. The molecule has 1 atom stereocenters. The van der Waals surface area contributed by atoms with E-state index in [1.165, 1.54) is 0 Å². The van der Waals surface area contributed by atoms with E-state index >= 15 is 0 Å². The number of methoxy groups -OCH3 is 1. The van der Waals surface area contributed by atoms with E-state index in [1.807, 2.05) is 61.6 Å². The first kappa shape index (κ1) is 25.3. The van der Waals surface area contributed by atoms with Gasteiger partial charge in [-0.25, -0.2) is 4.68 Å². The highest BCUT2D eigenvalue weighted by Gasteiger charge is 2.24. The van der Waals surface area contributed by atoms with Crippen LogP contribution in [-0.2, 0) is 18.3 Å². The Balaban J connectivity index is 1.96. The topological polar surface area (TPSA) is 69.0 Å². The molecule has 1 unspecified atom stereocenters. The van der Waals surface area contributed by atoms with Gasteiger partial charge < -0.3 is 19.3 Å². The maximum Gasteiger partial charge on any atom is 0.222 e. The highest BCUT2D eigenvalue weighted by molar-refractivity contribution is 5.65. The molecule has 0 bridgehead atoms. The Morgan fingerprint density at radius 2 is 1.82 bits per heavy atom. The van der Waals surface area contributed by atoms with E-state index in [2.05, 4.69) is 17.7 Å². The summed E-state index contributed by atoms with van der Waals surface area (Å²) in [5.74, 6) is 4.30. The van der Waals surface area contributed by atoms with Crippen molar-refractivity contribution >= 4 is 0 Å². The van der Waals surface area contributed by atoms with Crippen LogP contribution in [0, 0.1) is 12.3 Å². The minimum Gasteiger partial charge on any atom is -0.493 e. The van der Waals surface area contributed by atoms with E-state index < -0.39 is 6.10 Å². The van der Waals surface area contributed by atoms with Crippen molar-refractivity contribution in [3.05, 3.63) is 60.2 Å². The van der Waals surface area contributed by atoms with Crippen LogP contribution in [0.25, 0.3) is 11.3 Å². The quantitative estimate of drug-likeness (QED) is 0.304. The molecule has 34 heavy (non-hydrogen) atoms. The van der Waals surface area contributed by atoms with Crippen molar-refractivity contribution in [2.24, 2.45) is 7.05 Å². The molecule has 2 aromatic carbocycles. The summed E-state index contributed by atoms with van der Waals surface area (Å²) in [4.78, 5) is 2.18. The highest BCUT2D eigenvalue weighted by atomic mass is 16.5. The lowest BCUT2D eigenvalue weighted by Gasteiger charge is -2.25. The molecular weight excluding hydrogens is 430 g/mol. The molecule has 1 aromatic heterocycles. The van der Waals surface area contributed by atoms with Crippen molar-refractivity contribution in [1.82, 2.24) is 14.7 Å².